The summed E-state index contributed by atoms with van der Waals surface area (Å²) < 4.78 is 4.95. The van der Waals surface area contributed by atoms with Gasteiger partial charge in [-0.25, -0.2) is 0 Å². The van der Waals surface area contributed by atoms with E-state index in [0.29, 0.717) is 0 Å². The Morgan fingerprint density at radius 1 is 0.247 bits per heavy atom. The minimum Gasteiger partial charge on any atom is -0.311 e. The third kappa shape index (κ3) is 6.67. The van der Waals surface area contributed by atoms with Crippen LogP contribution in [0.15, 0.2) is 285 Å². The van der Waals surface area contributed by atoms with E-state index in [1.54, 1.807) is 0 Å². The minimum atomic E-state index is -0.135. The molecule has 0 amide bonds. The predicted octanol–water partition coefficient (Wildman–Crippen LogP) is 17.0. The van der Waals surface area contributed by atoms with Crippen molar-refractivity contribution in [3.63, 3.8) is 0 Å². The highest BCUT2D eigenvalue weighted by Gasteiger charge is 2.45. The Hall–Kier alpha value is -10.1. The molecule has 358 valence electrons. The number of rotatable bonds is 7. The molecule has 0 spiro atoms. The summed E-state index contributed by atoms with van der Waals surface area (Å²) in [6.07, 6.45) is 0. The summed E-state index contributed by atoms with van der Waals surface area (Å²) in [7, 11) is 0. The zero-order chi connectivity index (χ0) is 50.6. The van der Waals surface area contributed by atoms with Crippen LogP contribution >= 0.6 is 0 Å². The van der Waals surface area contributed by atoms with Crippen molar-refractivity contribution >= 4 is 101 Å². The summed E-state index contributed by atoms with van der Waals surface area (Å²) >= 11 is 0. The fourth-order valence-electron chi connectivity index (χ4n) is 12.9. The van der Waals surface area contributed by atoms with E-state index in [0.717, 1.165) is 34.1 Å². The maximum absolute atomic E-state index is 2.61. The van der Waals surface area contributed by atoms with Gasteiger partial charge in [0.05, 0.1) is 33.4 Å². The number of benzene rings is 12. The molecule has 0 bridgehead atoms. The second-order valence-electron chi connectivity index (χ2n) is 20.4. The molecule has 0 N–H and O–H groups in total. The molecule has 2 aliphatic rings. The van der Waals surface area contributed by atoms with Gasteiger partial charge in [0, 0.05) is 55.7 Å². The first-order chi connectivity index (χ1) is 38.2. The van der Waals surface area contributed by atoms with Crippen molar-refractivity contribution in [3.8, 4) is 44.8 Å². The van der Waals surface area contributed by atoms with E-state index in [2.05, 4.69) is 304 Å². The lowest BCUT2D eigenvalue weighted by Crippen LogP contribution is -2.61. The Morgan fingerprint density at radius 3 is 1.25 bits per heavy atom. The van der Waals surface area contributed by atoms with Crippen molar-refractivity contribution in [2.45, 2.75) is 0 Å². The second kappa shape index (κ2) is 17.2. The van der Waals surface area contributed by atoms with Gasteiger partial charge in [-0.05, 0) is 129 Å². The highest BCUT2D eigenvalue weighted by molar-refractivity contribution is 7.00. The predicted molar refractivity (Wildman–Crippen MR) is 325 cm³/mol. The normalized spacial score (nSPS) is 12.6. The van der Waals surface area contributed by atoms with Crippen molar-refractivity contribution in [2.24, 2.45) is 0 Å². The zero-order valence-corrected chi connectivity index (χ0v) is 42.0. The van der Waals surface area contributed by atoms with Crippen LogP contribution in [0.3, 0.4) is 0 Å². The minimum absolute atomic E-state index is 0.135. The highest BCUT2D eigenvalue weighted by atomic mass is 15.2. The highest BCUT2D eigenvalue weighted by Crippen LogP contribution is 2.50. The standard InChI is InChI=1S/C72H47BN4/c1-5-19-48(20-6-1)51-33-38-55(39-34-51)75-66-43-37-53(50-23-9-3-10-24-50)45-62(66)73-61-42-44-67-70(60-29-15-18-32-65(60)74(67)54-25-11-4-12-26-54)72(61)77(56-40-35-52(36-41-56)49-21-7-2-8-22-49)69-47-57(46-68(75)71(69)73)76-63-30-16-13-27-58(63)59-28-14-17-31-64(59)76/h1-47H. The summed E-state index contributed by atoms with van der Waals surface area (Å²) in [5.41, 5.74) is 24.7. The number of para-hydroxylation sites is 4. The molecule has 0 fully saturated rings. The van der Waals surface area contributed by atoms with Crippen molar-refractivity contribution in [2.75, 3.05) is 9.80 Å². The smallest absolute Gasteiger partial charge is 0.252 e. The zero-order valence-electron chi connectivity index (χ0n) is 42.0. The first-order valence-electron chi connectivity index (χ1n) is 26.6. The molecular formula is C72H47BN4. The molecule has 0 saturated carbocycles. The van der Waals surface area contributed by atoms with Gasteiger partial charge in [0.15, 0.2) is 0 Å². The summed E-state index contributed by atoms with van der Waals surface area (Å²) in [6, 6.07) is 105. The average Bonchev–Trinajstić information content (AvgIpc) is 4.25. The van der Waals surface area contributed by atoms with Gasteiger partial charge in [0.2, 0.25) is 0 Å². The molecule has 4 nitrogen and oxygen atoms in total. The molecular weight excluding hydrogens is 932 g/mol. The topological polar surface area (TPSA) is 16.3 Å². The molecule has 77 heavy (non-hydrogen) atoms. The summed E-state index contributed by atoms with van der Waals surface area (Å²) in [5.74, 6) is 0. The number of nitrogens with zero attached hydrogens (tertiary/aromatic N) is 4. The van der Waals surface area contributed by atoms with E-state index >= 15 is 0 Å². The number of hydrogen-bond acceptors (Lipinski definition) is 2. The molecule has 0 atom stereocenters. The molecule has 5 heteroatoms. The molecule has 2 aliphatic heterocycles. The largest absolute Gasteiger partial charge is 0.311 e. The van der Waals surface area contributed by atoms with Crippen LogP contribution in [0.1, 0.15) is 0 Å². The van der Waals surface area contributed by atoms with Gasteiger partial charge in [-0.3, -0.25) is 0 Å². The molecule has 16 rings (SSSR count). The van der Waals surface area contributed by atoms with Crippen LogP contribution in [0.4, 0.5) is 34.1 Å². The van der Waals surface area contributed by atoms with Crippen molar-refractivity contribution < 1.29 is 0 Å². The van der Waals surface area contributed by atoms with Gasteiger partial charge in [-0.15, -0.1) is 0 Å². The van der Waals surface area contributed by atoms with Crippen LogP contribution in [0.25, 0.3) is 88.4 Å². The van der Waals surface area contributed by atoms with Crippen LogP contribution in [0, 0.1) is 0 Å². The van der Waals surface area contributed by atoms with Crippen LogP contribution in [-0.2, 0) is 0 Å². The quantitative estimate of drug-likeness (QED) is 0.148. The maximum atomic E-state index is 2.61. The molecule has 0 radical (unpaired) electrons. The first kappa shape index (κ1) is 43.3. The van der Waals surface area contributed by atoms with Gasteiger partial charge in [-0.2, -0.15) is 0 Å². The molecule has 4 heterocycles. The molecule has 0 aliphatic carbocycles. The Labute approximate surface area is 447 Å². The van der Waals surface area contributed by atoms with Gasteiger partial charge in [0.1, 0.15) is 0 Å². The van der Waals surface area contributed by atoms with Crippen LogP contribution in [0.5, 0.6) is 0 Å². The lowest BCUT2D eigenvalue weighted by Gasteiger charge is -2.45. The number of aromatic nitrogens is 2. The Balaban J connectivity index is 1.06. The summed E-state index contributed by atoms with van der Waals surface area (Å²) in [5, 5.41) is 4.90. The van der Waals surface area contributed by atoms with Gasteiger partial charge in [-0.1, -0.05) is 206 Å². The third-order valence-corrected chi connectivity index (χ3v) is 16.3. The van der Waals surface area contributed by atoms with E-state index in [1.807, 2.05) is 0 Å². The lowest BCUT2D eigenvalue weighted by molar-refractivity contribution is 1.16. The Kier molecular flexibility index (Phi) is 9.70. The molecule has 0 saturated heterocycles. The fraction of sp³-hybridized carbons (Fsp3) is 0. The van der Waals surface area contributed by atoms with Gasteiger partial charge < -0.3 is 18.9 Å². The Bertz CT molecular complexity index is 4550. The van der Waals surface area contributed by atoms with Crippen LogP contribution in [-0.4, -0.2) is 15.8 Å². The van der Waals surface area contributed by atoms with Crippen molar-refractivity contribution in [1.29, 1.82) is 0 Å². The molecule has 14 aromatic rings. The molecule has 12 aromatic carbocycles. The third-order valence-electron chi connectivity index (χ3n) is 16.3. The summed E-state index contributed by atoms with van der Waals surface area (Å²) in [4.78, 5) is 5.16. The van der Waals surface area contributed by atoms with E-state index in [1.165, 1.54) is 105 Å². The number of hydrogen-bond donors (Lipinski definition) is 0. The number of fused-ring (bicyclic) bond motifs is 11. The summed E-state index contributed by atoms with van der Waals surface area (Å²) in [6.45, 7) is -0.135. The first-order valence-corrected chi connectivity index (χ1v) is 26.6. The fourth-order valence-corrected chi connectivity index (χ4v) is 12.9. The van der Waals surface area contributed by atoms with Crippen molar-refractivity contribution in [1.82, 2.24) is 9.13 Å². The maximum Gasteiger partial charge on any atom is 0.252 e. The second-order valence-corrected chi connectivity index (χ2v) is 20.4. The van der Waals surface area contributed by atoms with Crippen LogP contribution < -0.4 is 26.2 Å². The van der Waals surface area contributed by atoms with E-state index < -0.39 is 0 Å². The van der Waals surface area contributed by atoms with Crippen LogP contribution in [0.2, 0.25) is 0 Å². The van der Waals surface area contributed by atoms with Gasteiger partial charge >= 0.3 is 0 Å². The van der Waals surface area contributed by atoms with E-state index in [-0.39, 0.29) is 6.71 Å². The SMILES string of the molecule is c1ccc(-c2ccc(N3c4ccc(-c5ccccc5)cc4B4c5ccc6c(c5N(c5ccc(-c7ccccc7)cc5)c5cc(-n7c8ccccc8c8ccccc87)cc3c54)c3ccccc3n6-c3ccccc3)cc2)cc1. The van der Waals surface area contributed by atoms with Crippen molar-refractivity contribution in [3.05, 3.63) is 285 Å². The Morgan fingerprint density at radius 2 is 0.675 bits per heavy atom. The molecule has 2 aromatic heterocycles. The van der Waals surface area contributed by atoms with Gasteiger partial charge in [0.25, 0.3) is 6.71 Å². The monoisotopic (exact) mass is 978 g/mol. The molecule has 0 unspecified atom stereocenters. The average molecular weight is 979 g/mol. The van der Waals surface area contributed by atoms with E-state index in [9.17, 15) is 0 Å². The van der Waals surface area contributed by atoms with E-state index in [4.69, 9.17) is 0 Å². The lowest BCUT2D eigenvalue weighted by atomic mass is 9.33. The number of anilines is 6.